The van der Waals surface area contributed by atoms with E-state index >= 15 is 0 Å². The molecule has 2 heteroatoms. The Balaban J connectivity index is 2.16. The summed E-state index contributed by atoms with van der Waals surface area (Å²) in [7, 11) is 0. The molecule has 0 atom stereocenters. The average Bonchev–Trinajstić information content (AvgIpc) is 2.39. The molecule has 0 saturated carbocycles. The molecule has 0 fully saturated rings. The second kappa shape index (κ2) is 5.75. The summed E-state index contributed by atoms with van der Waals surface area (Å²) in [6.45, 7) is 4.13. The fourth-order valence-corrected chi connectivity index (χ4v) is 2.84. The van der Waals surface area contributed by atoms with Crippen molar-refractivity contribution in [2.45, 2.75) is 24.5 Å². The van der Waals surface area contributed by atoms with Gasteiger partial charge in [-0.05, 0) is 42.7 Å². The molecular formula is C16H15NS. The Morgan fingerprint density at radius 1 is 1.11 bits per heavy atom. The van der Waals surface area contributed by atoms with Crippen molar-refractivity contribution in [1.29, 1.82) is 5.26 Å². The first kappa shape index (κ1) is 12.7. The summed E-state index contributed by atoms with van der Waals surface area (Å²) < 4.78 is 0. The number of rotatable bonds is 3. The van der Waals surface area contributed by atoms with Gasteiger partial charge in [0, 0.05) is 10.6 Å². The number of benzene rings is 2. The lowest BCUT2D eigenvalue weighted by Crippen LogP contribution is -1.88. The summed E-state index contributed by atoms with van der Waals surface area (Å²) in [5, 5.41) is 9.13. The van der Waals surface area contributed by atoms with E-state index < -0.39 is 0 Å². The third-order valence-electron chi connectivity index (χ3n) is 2.90. The summed E-state index contributed by atoms with van der Waals surface area (Å²) in [4.78, 5) is 1.06. The van der Waals surface area contributed by atoms with Gasteiger partial charge in [0.2, 0.25) is 0 Å². The van der Waals surface area contributed by atoms with Crippen LogP contribution in [0.3, 0.4) is 0 Å². The molecule has 0 N–H and O–H groups in total. The predicted octanol–water partition coefficient (Wildman–Crippen LogP) is 4.47. The van der Waals surface area contributed by atoms with Gasteiger partial charge in [0.15, 0.2) is 0 Å². The highest BCUT2D eigenvalue weighted by atomic mass is 32.2. The van der Waals surface area contributed by atoms with E-state index in [9.17, 15) is 0 Å². The van der Waals surface area contributed by atoms with Crippen LogP contribution in [0.5, 0.6) is 0 Å². The molecule has 0 saturated heterocycles. The molecule has 0 aliphatic carbocycles. The van der Waals surface area contributed by atoms with Crippen molar-refractivity contribution >= 4 is 11.8 Å². The minimum atomic E-state index is 0.772. The molecule has 2 aromatic carbocycles. The van der Waals surface area contributed by atoms with Crippen molar-refractivity contribution < 1.29 is 0 Å². The molecule has 0 spiro atoms. The molecule has 0 aromatic heterocycles. The quantitative estimate of drug-likeness (QED) is 0.754. The van der Waals surface area contributed by atoms with Gasteiger partial charge < -0.3 is 0 Å². The average molecular weight is 253 g/mol. The first-order valence-corrected chi connectivity index (χ1v) is 6.87. The molecular weight excluding hydrogens is 238 g/mol. The second-order valence-electron chi connectivity index (χ2n) is 4.33. The Bertz CT molecular complexity index is 596. The van der Waals surface area contributed by atoms with Gasteiger partial charge in [0.25, 0.3) is 0 Å². The van der Waals surface area contributed by atoms with Crippen LogP contribution in [0.1, 0.15) is 22.3 Å². The van der Waals surface area contributed by atoms with Crippen LogP contribution in [-0.4, -0.2) is 0 Å². The van der Waals surface area contributed by atoms with Crippen LogP contribution >= 0.6 is 11.8 Å². The lowest BCUT2D eigenvalue weighted by Gasteiger charge is -2.07. The van der Waals surface area contributed by atoms with Crippen molar-refractivity contribution in [2.75, 3.05) is 0 Å². The Kier molecular flexibility index (Phi) is 4.07. The monoisotopic (exact) mass is 253 g/mol. The Morgan fingerprint density at radius 2 is 1.89 bits per heavy atom. The molecule has 2 aromatic rings. The largest absolute Gasteiger partial charge is 0.192 e. The first-order valence-electron chi connectivity index (χ1n) is 5.89. The molecule has 0 heterocycles. The highest BCUT2D eigenvalue weighted by Gasteiger charge is 2.04. The molecule has 0 aliphatic heterocycles. The van der Waals surface area contributed by atoms with Gasteiger partial charge in [-0.3, -0.25) is 0 Å². The van der Waals surface area contributed by atoms with E-state index in [1.165, 1.54) is 11.1 Å². The van der Waals surface area contributed by atoms with Crippen LogP contribution in [-0.2, 0) is 5.75 Å². The van der Waals surface area contributed by atoms with Crippen LogP contribution in [0.4, 0.5) is 0 Å². The van der Waals surface area contributed by atoms with E-state index in [-0.39, 0.29) is 0 Å². The summed E-state index contributed by atoms with van der Waals surface area (Å²) in [6.07, 6.45) is 0. The van der Waals surface area contributed by atoms with Gasteiger partial charge in [-0.15, -0.1) is 11.8 Å². The third-order valence-corrected chi connectivity index (χ3v) is 4.02. The molecule has 0 unspecified atom stereocenters. The van der Waals surface area contributed by atoms with Crippen molar-refractivity contribution in [3.63, 3.8) is 0 Å². The second-order valence-corrected chi connectivity index (χ2v) is 5.34. The fourth-order valence-electron chi connectivity index (χ4n) is 1.78. The maximum absolute atomic E-state index is 9.13. The van der Waals surface area contributed by atoms with Crippen LogP contribution in [0.25, 0.3) is 0 Å². The first-order chi connectivity index (χ1) is 8.70. The number of hydrogen-bond acceptors (Lipinski definition) is 2. The van der Waals surface area contributed by atoms with E-state index in [0.717, 1.165) is 21.8 Å². The molecule has 0 bridgehead atoms. The summed E-state index contributed by atoms with van der Waals surface area (Å²) in [5.41, 5.74) is 4.53. The van der Waals surface area contributed by atoms with Crippen LogP contribution < -0.4 is 0 Å². The van der Waals surface area contributed by atoms with Gasteiger partial charge >= 0.3 is 0 Å². The predicted molar refractivity (Wildman–Crippen MR) is 76.6 cm³/mol. The van der Waals surface area contributed by atoms with Gasteiger partial charge in [-0.25, -0.2) is 0 Å². The number of aryl methyl sites for hydroxylation is 2. The molecule has 0 radical (unpaired) electrons. The van der Waals surface area contributed by atoms with E-state index in [4.69, 9.17) is 5.26 Å². The Morgan fingerprint density at radius 3 is 2.61 bits per heavy atom. The number of nitrogens with zero attached hydrogens (tertiary/aromatic N) is 1. The minimum Gasteiger partial charge on any atom is -0.192 e. The van der Waals surface area contributed by atoms with Crippen molar-refractivity contribution in [3.05, 3.63) is 64.7 Å². The highest BCUT2D eigenvalue weighted by molar-refractivity contribution is 7.98. The van der Waals surface area contributed by atoms with Gasteiger partial charge in [0.1, 0.15) is 6.07 Å². The van der Waals surface area contributed by atoms with E-state index in [1.54, 1.807) is 11.8 Å². The highest BCUT2D eigenvalue weighted by Crippen LogP contribution is 2.27. The number of hydrogen-bond donors (Lipinski definition) is 0. The molecule has 90 valence electrons. The van der Waals surface area contributed by atoms with Crippen LogP contribution in [0.15, 0.2) is 47.4 Å². The van der Waals surface area contributed by atoms with E-state index in [2.05, 4.69) is 43.3 Å². The lowest BCUT2D eigenvalue weighted by molar-refractivity contribution is 1.28. The van der Waals surface area contributed by atoms with Crippen LogP contribution in [0.2, 0.25) is 0 Å². The third kappa shape index (κ3) is 2.94. The lowest BCUT2D eigenvalue weighted by atomic mass is 10.1. The van der Waals surface area contributed by atoms with Gasteiger partial charge in [0.05, 0.1) is 5.56 Å². The molecule has 2 rings (SSSR count). The smallest absolute Gasteiger partial charge is 0.100 e. The molecule has 1 nitrogen and oxygen atoms in total. The normalized spacial score (nSPS) is 10.1. The standard InChI is InChI=1S/C16H15NS/c1-12-7-8-16(15(9-12)10-17)18-11-14-6-4-3-5-13(14)2/h3-9H,11H2,1-2H3. The SMILES string of the molecule is Cc1ccc(SCc2ccccc2C)c(C#N)c1. The van der Waals surface area contributed by atoms with Gasteiger partial charge in [-0.1, -0.05) is 30.3 Å². The van der Waals surface area contributed by atoms with Crippen molar-refractivity contribution in [2.24, 2.45) is 0 Å². The topological polar surface area (TPSA) is 23.8 Å². The van der Waals surface area contributed by atoms with Crippen molar-refractivity contribution in [1.82, 2.24) is 0 Å². The number of thioether (sulfide) groups is 1. The zero-order valence-electron chi connectivity index (χ0n) is 10.6. The minimum absolute atomic E-state index is 0.772. The maximum atomic E-state index is 9.13. The summed E-state index contributed by atoms with van der Waals surface area (Å²) in [6, 6.07) is 16.7. The Labute approximate surface area is 112 Å². The number of nitriles is 1. The summed E-state index contributed by atoms with van der Waals surface area (Å²) in [5.74, 6) is 0.907. The van der Waals surface area contributed by atoms with Gasteiger partial charge in [-0.2, -0.15) is 5.26 Å². The molecule has 0 aliphatic rings. The fraction of sp³-hybridized carbons (Fsp3) is 0.188. The zero-order valence-corrected chi connectivity index (χ0v) is 11.4. The summed E-state index contributed by atoms with van der Waals surface area (Å²) >= 11 is 1.73. The van der Waals surface area contributed by atoms with E-state index in [1.807, 2.05) is 19.1 Å². The molecule has 18 heavy (non-hydrogen) atoms. The Hall–Kier alpha value is -1.72. The van der Waals surface area contributed by atoms with Crippen LogP contribution in [0, 0.1) is 25.2 Å². The zero-order chi connectivity index (χ0) is 13.0. The molecule has 0 amide bonds. The van der Waals surface area contributed by atoms with E-state index in [0.29, 0.717) is 0 Å². The maximum Gasteiger partial charge on any atom is 0.100 e. The van der Waals surface area contributed by atoms with Crippen molar-refractivity contribution in [3.8, 4) is 6.07 Å².